The maximum absolute atomic E-state index is 11.1. The van der Waals surface area contributed by atoms with Gasteiger partial charge in [0.1, 0.15) is 0 Å². The van der Waals surface area contributed by atoms with Crippen LogP contribution >= 0.6 is 15.9 Å². The first-order valence-corrected chi connectivity index (χ1v) is 8.43. The van der Waals surface area contributed by atoms with Gasteiger partial charge in [0, 0.05) is 54.3 Å². The summed E-state index contributed by atoms with van der Waals surface area (Å²) in [5, 5.41) is 14.2. The molecule has 1 aromatic heterocycles. The Morgan fingerprint density at radius 2 is 1.88 bits per heavy atom. The first kappa shape index (κ1) is 16.7. The summed E-state index contributed by atoms with van der Waals surface area (Å²) < 4.78 is 0.574. The second-order valence-electron chi connectivity index (χ2n) is 5.74. The van der Waals surface area contributed by atoms with Crippen molar-refractivity contribution in [3.63, 3.8) is 0 Å². The largest absolute Gasteiger partial charge is 0.369 e. The van der Waals surface area contributed by atoms with Gasteiger partial charge in [-0.3, -0.25) is 10.1 Å². The van der Waals surface area contributed by atoms with Crippen molar-refractivity contribution in [3.8, 4) is 0 Å². The summed E-state index contributed by atoms with van der Waals surface area (Å²) in [5.74, 6) is 0.232. The maximum Gasteiger partial charge on any atom is 0.312 e. The fourth-order valence-corrected chi connectivity index (χ4v) is 2.94. The van der Waals surface area contributed by atoms with E-state index in [1.807, 2.05) is 24.3 Å². The van der Waals surface area contributed by atoms with Gasteiger partial charge >= 0.3 is 5.69 Å². The minimum absolute atomic E-state index is 0.0625. The van der Waals surface area contributed by atoms with Gasteiger partial charge in [-0.05, 0) is 47.2 Å². The minimum Gasteiger partial charge on any atom is -0.369 e. The maximum atomic E-state index is 11.1. The average molecular weight is 392 g/mol. The normalized spacial score (nSPS) is 15.3. The van der Waals surface area contributed by atoms with Crippen LogP contribution in [0.25, 0.3) is 0 Å². The molecule has 1 aromatic carbocycles. The monoisotopic (exact) mass is 391 g/mol. The molecule has 1 aliphatic rings. The van der Waals surface area contributed by atoms with Crippen LogP contribution < -0.4 is 10.2 Å². The van der Waals surface area contributed by atoms with Crippen molar-refractivity contribution in [2.75, 3.05) is 43.4 Å². The Morgan fingerprint density at radius 3 is 2.50 bits per heavy atom. The van der Waals surface area contributed by atoms with E-state index in [9.17, 15) is 10.1 Å². The van der Waals surface area contributed by atoms with E-state index in [0.29, 0.717) is 4.47 Å². The van der Waals surface area contributed by atoms with Crippen LogP contribution in [0.15, 0.2) is 41.0 Å². The highest BCUT2D eigenvalue weighted by atomic mass is 79.9. The molecule has 0 aliphatic carbocycles. The summed E-state index contributed by atoms with van der Waals surface area (Å²) in [7, 11) is 2.13. The highest BCUT2D eigenvalue weighted by molar-refractivity contribution is 9.10. The summed E-state index contributed by atoms with van der Waals surface area (Å²) in [6.07, 6.45) is 1.54. The lowest BCUT2D eigenvalue weighted by molar-refractivity contribution is -0.384. The van der Waals surface area contributed by atoms with Gasteiger partial charge in [0.05, 0.1) is 4.92 Å². The van der Waals surface area contributed by atoms with Gasteiger partial charge in [0.2, 0.25) is 5.82 Å². The molecule has 24 heavy (non-hydrogen) atoms. The molecule has 126 valence electrons. The number of anilines is 3. The van der Waals surface area contributed by atoms with Crippen LogP contribution in [0.2, 0.25) is 0 Å². The van der Waals surface area contributed by atoms with Crippen molar-refractivity contribution >= 4 is 38.8 Å². The number of hydrogen-bond acceptors (Lipinski definition) is 6. The number of halogens is 1. The van der Waals surface area contributed by atoms with E-state index in [1.165, 1.54) is 12.3 Å². The van der Waals surface area contributed by atoms with Crippen LogP contribution in [-0.4, -0.2) is 48.0 Å². The summed E-state index contributed by atoms with van der Waals surface area (Å²) in [5.41, 5.74) is 1.87. The molecule has 0 saturated carbocycles. The Hall–Kier alpha value is -2.19. The molecule has 2 aromatic rings. The van der Waals surface area contributed by atoms with Gasteiger partial charge in [0.15, 0.2) is 0 Å². The van der Waals surface area contributed by atoms with E-state index in [1.54, 1.807) is 0 Å². The molecule has 3 rings (SSSR count). The number of hydrogen-bond donors (Lipinski definition) is 1. The molecule has 8 heteroatoms. The summed E-state index contributed by atoms with van der Waals surface area (Å²) in [6, 6.07) is 9.33. The van der Waals surface area contributed by atoms with Crippen LogP contribution in [0.4, 0.5) is 22.9 Å². The zero-order chi connectivity index (χ0) is 17.1. The quantitative estimate of drug-likeness (QED) is 0.636. The average Bonchev–Trinajstić information content (AvgIpc) is 2.58. The van der Waals surface area contributed by atoms with Gasteiger partial charge in [-0.25, -0.2) is 4.98 Å². The SMILES string of the molecule is CN1CCN(c2ccc(Nc3ncc(Br)cc3[N+](=O)[O-])cc2)CC1. The lowest BCUT2D eigenvalue weighted by Crippen LogP contribution is -2.44. The lowest BCUT2D eigenvalue weighted by Gasteiger charge is -2.34. The number of nitro groups is 1. The van der Waals surface area contributed by atoms with Crippen molar-refractivity contribution in [2.24, 2.45) is 0 Å². The number of pyridine rings is 1. The van der Waals surface area contributed by atoms with Crippen LogP contribution in [0.3, 0.4) is 0 Å². The first-order valence-electron chi connectivity index (χ1n) is 7.63. The van der Waals surface area contributed by atoms with Crippen LogP contribution in [-0.2, 0) is 0 Å². The molecule has 7 nitrogen and oxygen atoms in total. The molecule has 0 atom stereocenters. The molecular weight excluding hydrogens is 374 g/mol. The van der Waals surface area contributed by atoms with Crippen LogP contribution in [0, 0.1) is 10.1 Å². The fourth-order valence-electron chi connectivity index (χ4n) is 2.62. The third kappa shape index (κ3) is 3.82. The predicted molar refractivity (Wildman–Crippen MR) is 98.0 cm³/mol. The molecule has 2 heterocycles. The summed E-state index contributed by atoms with van der Waals surface area (Å²) in [4.78, 5) is 19.4. The van der Waals surface area contributed by atoms with Crippen LogP contribution in [0.1, 0.15) is 0 Å². The Bertz CT molecular complexity index is 730. The first-order chi connectivity index (χ1) is 11.5. The molecule has 0 bridgehead atoms. The molecule has 0 amide bonds. The molecular formula is C16H18BrN5O2. The van der Waals surface area contributed by atoms with Gasteiger partial charge in [0.25, 0.3) is 0 Å². The Labute approximate surface area is 148 Å². The number of piperazine rings is 1. The molecule has 0 unspecified atom stereocenters. The molecule has 1 N–H and O–H groups in total. The summed E-state index contributed by atoms with van der Waals surface area (Å²) in [6.45, 7) is 4.11. The molecule has 0 radical (unpaired) electrons. The Kier molecular flexibility index (Phi) is 4.96. The van der Waals surface area contributed by atoms with E-state index >= 15 is 0 Å². The van der Waals surface area contributed by atoms with Crippen molar-refractivity contribution in [1.29, 1.82) is 0 Å². The Balaban J connectivity index is 1.74. The topological polar surface area (TPSA) is 74.5 Å². The number of nitrogens with one attached hydrogen (secondary N) is 1. The number of likely N-dealkylation sites (N-methyl/N-ethyl adjacent to an activating group) is 1. The minimum atomic E-state index is -0.446. The predicted octanol–water partition coefficient (Wildman–Crippen LogP) is 3.25. The van der Waals surface area contributed by atoms with Crippen molar-refractivity contribution < 1.29 is 4.92 Å². The smallest absolute Gasteiger partial charge is 0.312 e. The van der Waals surface area contributed by atoms with Crippen molar-refractivity contribution in [2.45, 2.75) is 0 Å². The second kappa shape index (κ2) is 7.14. The molecule has 1 saturated heterocycles. The van der Waals surface area contributed by atoms with Gasteiger partial charge < -0.3 is 15.1 Å². The fraction of sp³-hybridized carbons (Fsp3) is 0.312. The highest BCUT2D eigenvalue weighted by Gasteiger charge is 2.17. The zero-order valence-corrected chi connectivity index (χ0v) is 14.9. The summed E-state index contributed by atoms with van der Waals surface area (Å²) >= 11 is 3.20. The zero-order valence-electron chi connectivity index (χ0n) is 13.3. The standard InChI is InChI=1S/C16H18BrN5O2/c1-20-6-8-21(9-7-20)14-4-2-13(3-5-14)19-16-15(22(23)24)10-12(17)11-18-16/h2-5,10-11H,6-9H2,1H3,(H,18,19). The molecule has 1 fully saturated rings. The van der Waals surface area contributed by atoms with E-state index in [4.69, 9.17) is 0 Å². The second-order valence-corrected chi connectivity index (χ2v) is 6.66. The van der Waals surface area contributed by atoms with Crippen LogP contribution in [0.5, 0.6) is 0 Å². The molecule has 0 spiro atoms. The molecule has 1 aliphatic heterocycles. The number of benzene rings is 1. The van der Waals surface area contributed by atoms with Gasteiger partial charge in [-0.1, -0.05) is 0 Å². The lowest BCUT2D eigenvalue weighted by atomic mass is 10.2. The number of aromatic nitrogens is 1. The van der Waals surface area contributed by atoms with E-state index < -0.39 is 4.92 Å². The number of rotatable bonds is 4. The van der Waals surface area contributed by atoms with E-state index in [-0.39, 0.29) is 11.5 Å². The van der Waals surface area contributed by atoms with Crippen molar-refractivity contribution in [3.05, 3.63) is 51.1 Å². The van der Waals surface area contributed by atoms with Crippen molar-refractivity contribution in [1.82, 2.24) is 9.88 Å². The van der Waals surface area contributed by atoms with E-state index in [2.05, 4.69) is 43.1 Å². The third-order valence-corrected chi connectivity index (χ3v) is 4.46. The third-order valence-electron chi connectivity index (χ3n) is 4.03. The van der Waals surface area contributed by atoms with Gasteiger partial charge in [-0.15, -0.1) is 0 Å². The van der Waals surface area contributed by atoms with Gasteiger partial charge in [-0.2, -0.15) is 0 Å². The van der Waals surface area contributed by atoms with E-state index in [0.717, 1.165) is 37.6 Å². The highest BCUT2D eigenvalue weighted by Crippen LogP contribution is 2.29. The number of nitrogens with zero attached hydrogens (tertiary/aromatic N) is 4. The Morgan fingerprint density at radius 1 is 1.21 bits per heavy atom.